The minimum absolute atomic E-state index is 0.0716. The van der Waals surface area contributed by atoms with Gasteiger partial charge in [0.25, 0.3) is 0 Å². The summed E-state index contributed by atoms with van der Waals surface area (Å²) in [6.45, 7) is 3.93. The Bertz CT molecular complexity index is 1440. The maximum absolute atomic E-state index is 15.6. The van der Waals surface area contributed by atoms with Crippen LogP contribution in [-0.2, 0) is 12.8 Å². The number of benzene rings is 3. The number of hydrogen-bond acceptors (Lipinski definition) is 2. The average molecular weight is 541 g/mol. The molecule has 0 aromatic heterocycles. The lowest BCUT2D eigenvalue weighted by Gasteiger charge is -2.24. The van der Waals surface area contributed by atoms with Crippen LogP contribution in [0.2, 0.25) is 0 Å². The second kappa shape index (κ2) is 10.9. The average Bonchev–Trinajstić information content (AvgIpc) is 2.92. The van der Waals surface area contributed by atoms with Crippen molar-refractivity contribution in [2.24, 2.45) is 5.92 Å². The second-order valence-electron chi connectivity index (χ2n) is 10.0. The van der Waals surface area contributed by atoms with Gasteiger partial charge in [-0.05, 0) is 54.5 Å². The highest BCUT2D eigenvalue weighted by atomic mass is 19.3. The molecule has 0 N–H and O–H groups in total. The maximum Gasteiger partial charge on any atom is 0.426 e. The molecular formula is C32H29F5O2. The Balaban J connectivity index is 1.35. The molecule has 3 aromatic rings. The van der Waals surface area contributed by atoms with Crippen molar-refractivity contribution in [1.29, 1.82) is 0 Å². The zero-order valence-corrected chi connectivity index (χ0v) is 21.8. The van der Waals surface area contributed by atoms with E-state index in [0.717, 1.165) is 12.8 Å². The number of ether oxygens (including phenoxy) is 2. The van der Waals surface area contributed by atoms with E-state index in [1.54, 1.807) is 24.3 Å². The van der Waals surface area contributed by atoms with Crippen LogP contribution in [0.1, 0.15) is 56.2 Å². The van der Waals surface area contributed by atoms with Crippen LogP contribution in [-0.4, -0.2) is 6.11 Å². The van der Waals surface area contributed by atoms with Gasteiger partial charge in [-0.2, -0.15) is 13.2 Å². The molecule has 0 spiro atoms. The van der Waals surface area contributed by atoms with E-state index in [1.807, 2.05) is 6.92 Å². The molecule has 39 heavy (non-hydrogen) atoms. The van der Waals surface area contributed by atoms with Crippen LogP contribution in [0.25, 0.3) is 11.1 Å². The molecule has 1 heterocycles. The number of aryl methyl sites for hydroxylation is 1. The van der Waals surface area contributed by atoms with E-state index >= 15 is 4.39 Å². The molecule has 2 nitrogen and oxygen atoms in total. The standard InChI is InChI=1S/C32H29F5O2/c1-3-5-19-7-12-24(13-8-19)32(36,37)39-25-14-9-20(10-15-25)26-16-11-22-18-23-17-21(6-4-2)27(33)29(35)31(23)38-30(22)28(26)34/h7,9-17,19H,3-6,8,18H2,1-2H3. The summed E-state index contributed by atoms with van der Waals surface area (Å²) in [5, 5.41) is 0. The minimum Gasteiger partial charge on any atom is -0.450 e. The third-order valence-corrected chi connectivity index (χ3v) is 7.19. The Kier molecular flexibility index (Phi) is 7.52. The van der Waals surface area contributed by atoms with Crippen molar-refractivity contribution in [3.8, 4) is 28.4 Å². The molecule has 3 aromatic carbocycles. The van der Waals surface area contributed by atoms with Gasteiger partial charge >= 0.3 is 6.11 Å². The van der Waals surface area contributed by atoms with Gasteiger partial charge in [0.15, 0.2) is 23.1 Å². The minimum atomic E-state index is -3.51. The SMILES string of the molecule is CCCc1cc2c(c(F)c1F)Oc1c(ccc(-c3ccc(OC(F)(F)C4=CCC(CCC)C=C4)cc3)c1F)C2. The number of rotatable bonds is 8. The molecule has 204 valence electrons. The third-order valence-electron chi connectivity index (χ3n) is 7.19. The molecule has 0 saturated heterocycles. The van der Waals surface area contributed by atoms with Crippen molar-refractivity contribution >= 4 is 0 Å². The van der Waals surface area contributed by atoms with Crippen molar-refractivity contribution in [2.75, 3.05) is 0 Å². The molecule has 0 bridgehead atoms. The largest absolute Gasteiger partial charge is 0.450 e. The summed E-state index contributed by atoms with van der Waals surface area (Å²) < 4.78 is 84.9. The summed E-state index contributed by atoms with van der Waals surface area (Å²) in [4.78, 5) is 0. The highest BCUT2D eigenvalue weighted by Gasteiger charge is 2.37. The molecule has 5 rings (SSSR count). The number of allylic oxidation sites excluding steroid dienone is 2. The van der Waals surface area contributed by atoms with Gasteiger partial charge in [0, 0.05) is 23.1 Å². The van der Waals surface area contributed by atoms with Gasteiger partial charge in [0.2, 0.25) is 5.82 Å². The Morgan fingerprint density at radius 3 is 2.31 bits per heavy atom. The quantitative estimate of drug-likeness (QED) is 0.207. The van der Waals surface area contributed by atoms with E-state index in [0.29, 0.717) is 36.0 Å². The monoisotopic (exact) mass is 540 g/mol. The number of hydrogen-bond donors (Lipinski definition) is 0. The summed E-state index contributed by atoms with van der Waals surface area (Å²) in [6, 6.07) is 10.4. The molecule has 1 atom stereocenters. The molecule has 2 aliphatic rings. The van der Waals surface area contributed by atoms with Gasteiger partial charge < -0.3 is 9.47 Å². The molecule has 1 aliphatic heterocycles. The van der Waals surface area contributed by atoms with Crippen LogP contribution in [0.5, 0.6) is 17.2 Å². The van der Waals surface area contributed by atoms with Crippen molar-refractivity contribution in [2.45, 2.75) is 58.5 Å². The summed E-state index contributed by atoms with van der Waals surface area (Å²) in [6.07, 6.45) is 4.91. The lowest BCUT2D eigenvalue weighted by Crippen LogP contribution is -2.27. The van der Waals surface area contributed by atoms with Gasteiger partial charge in [0.1, 0.15) is 5.75 Å². The zero-order chi connectivity index (χ0) is 27.7. The van der Waals surface area contributed by atoms with Gasteiger partial charge in [0.05, 0.1) is 5.57 Å². The predicted octanol–water partition coefficient (Wildman–Crippen LogP) is 9.69. The molecule has 0 radical (unpaired) electrons. The topological polar surface area (TPSA) is 18.5 Å². The van der Waals surface area contributed by atoms with Crippen molar-refractivity contribution in [3.05, 3.63) is 100 Å². The van der Waals surface area contributed by atoms with Crippen LogP contribution < -0.4 is 9.47 Å². The Labute approximate surface area is 224 Å². The van der Waals surface area contributed by atoms with Crippen LogP contribution >= 0.6 is 0 Å². The predicted molar refractivity (Wildman–Crippen MR) is 141 cm³/mol. The lowest BCUT2D eigenvalue weighted by molar-refractivity contribution is -0.139. The van der Waals surface area contributed by atoms with Crippen LogP contribution in [0.4, 0.5) is 22.0 Å². The van der Waals surface area contributed by atoms with Gasteiger partial charge in [-0.1, -0.05) is 69.2 Å². The van der Waals surface area contributed by atoms with Gasteiger partial charge in [-0.3, -0.25) is 0 Å². The van der Waals surface area contributed by atoms with Crippen molar-refractivity contribution < 1.29 is 31.4 Å². The Morgan fingerprint density at radius 2 is 1.64 bits per heavy atom. The lowest BCUT2D eigenvalue weighted by atomic mass is 9.92. The summed E-state index contributed by atoms with van der Waals surface area (Å²) >= 11 is 0. The highest BCUT2D eigenvalue weighted by molar-refractivity contribution is 5.69. The van der Waals surface area contributed by atoms with Crippen LogP contribution in [0.3, 0.4) is 0 Å². The first-order chi connectivity index (χ1) is 18.7. The smallest absolute Gasteiger partial charge is 0.426 e. The molecule has 0 amide bonds. The fourth-order valence-corrected chi connectivity index (χ4v) is 5.16. The van der Waals surface area contributed by atoms with E-state index < -0.39 is 23.6 Å². The van der Waals surface area contributed by atoms with Crippen molar-refractivity contribution in [1.82, 2.24) is 0 Å². The Hall–Kier alpha value is -3.61. The molecule has 7 heteroatoms. The summed E-state index contributed by atoms with van der Waals surface area (Å²) in [5.74, 6) is -3.15. The Morgan fingerprint density at radius 1 is 0.897 bits per heavy atom. The molecule has 1 aliphatic carbocycles. The molecule has 0 saturated carbocycles. The fraction of sp³-hybridized carbons (Fsp3) is 0.312. The fourth-order valence-electron chi connectivity index (χ4n) is 5.16. The first kappa shape index (κ1) is 27.0. The first-order valence-corrected chi connectivity index (χ1v) is 13.3. The van der Waals surface area contributed by atoms with E-state index in [2.05, 4.69) is 6.92 Å². The summed E-state index contributed by atoms with van der Waals surface area (Å²) in [7, 11) is 0. The summed E-state index contributed by atoms with van der Waals surface area (Å²) in [5.41, 5.74) is 1.57. The zero-order valence-electron chi connectivity index (χ0n) is 21.8. The van der Waals surface area contributed by atoms with Crippen LogP contribution in [0.15, 0.2) is 66.3 Å². The van der Waals surface area contributed by atoms with E-state index in [9.17, 15) is 17.6 Å². The van der Waals surface area contributed by atoms with E-state index in [4.69, 9.17) is 9.47 Å². The van der Waals surface area contributed by atoms with E-state index in [-0.39, 0.29) is 46.3 Å². The van der Waals surface area contributed by atoms with Crippen LogP contribution in [0, 0.1) is 23.4 Å². The first-order valence-electron chi connectivity index (χ1n) is 13.3. The normalized spacial score (nSPS) is 16.3. The number of fused-ring (bicyclic) bond motifs is 2. The molecule has 0 fully saturated rings. The second-order valence-corrected chi connectivity index (χ2v) is 10.0. The molecule has 1 unspecified atom stereocenters. The molecular weight excluding hydrogens is 511 g/mol. The highest BCUT2D eigenvalue weighted by Crippen LogP contribution is 2.44. The number of halogens is 5. The van der Waals surface area contributed by atoms with Gasteiger partial charge in [-0.15, -0.1) is 0 Å². The maximum atomic E-state index is 15.6. The van der Waals surface area contributed by atoms with E-state index in [1.165, 1.54) is 36.4 Å². The van der Waals surface area contributed by atoms with Crippen molar-refractivity contribution in [3.63, 3.8) is 0 Å². The van der Waals surface area contributed by atoms with Gasteiger partial charge in [-0.25, -0.2) is 8.78 Å². The number of alkyl halides is 2. The third kappa shape index (κ3) is 5.32.